The maximum absolute atomic E-state index is 12.8. The summed E-state index contributed by atoms with van der Waals surface area (Å²) in [5, 5.41) is 9.03. The topological polar surface area (TPSA) is 60.9 Å². The van der Waals surface area contributed by atoms with Gasteiger partial charge in [0, 0.05) is 30.6 Å². The van der Waals surface area contributed by atoms with Crippen LogP contribution in [0.25, 0.3) is 0 Å². The molecule has 1 unspecified atom stereocenters. The van der Waals surface area contributed by atoms with Gasteiger partial charge in [-0.2, -0.15) is 11.8 Å². The Labute approximate surface area is 132 Å². The van der Waals surface area contributed by atoms with Crippen LogP contribution in [0.2, 0.25) is 0 Å². The molecule has 1 aliphatic heterocycles. The number of carboxylic acids is 1. The van der Waals surface area contributed by atoms with Gasteiger partial charge in [-0.1, -0.05) is 19.8 Å². The molecule has 0 saturated carbocycles. The van der Waals surface area contributed by atoms with Crippen LogP contribution in [-0.2, 0) is 4.79 Å². The average molecular weight is 316 g/mol. The second-order valence-corrected chi connectivity index (χ2v) is 6.95. The van der Waals surface area contributed by atoms with Gasteiger partial charge < -0.3 is 14.9 Å². The highest BCUT2D eigenvalue weighted by Crippen LogP contribution is 2.21. The zero-order chi connectivity index (χ0) is 15.8. The second-order valence-electron chi connectivity index (χ2n) is 5.80. The summed E-state index contributed by atoms with van der Waals surface area (Å²) in [5.74, 6) is 0.782. The van der Waals surface area contributed by atoms with Crippen LogP contribution in [0.3, 0.4) is 0 Å². The zero-order valence-electron chi connectivity index (χ0n) is 13.4. The first-order valence-corrected chi connectivity index (χ1v) is 8.99. The lowest BCUT2D eigenvalue weighted by molar-refractivity contribution is -0.138. The summed E-state index contributed by atoms with van der Waals surface area (Å²) in [5.41, 5.74) is 0. The molecule has 6 heteroatoms. The highest BCUT2D eigenvalue weighted by Gasteiger charge is 2.32. The number of hydrogen-bond donors (Lipinski definition) is 1. The van der Waals surface area contributed by atoms with Crippen molar-refractivity contribution in [2.24, 2.45) is 0 Å². The van der Waals surface area contributed by atoms with Gasteiger partial charge in [0.05, 0.1) is 12.5 Å². The first kappa shape index (κ1) is 18.1. The molecule has 1 atom stereocenters. The fraction of sp³-hybridized carbons (Fsp3) is 0.867. The summed E-state index contributed by atoms with van der Waals surface area (Å²) in [6.07, 6.45) is 3.29. The summed E-state index contributed by atoms with van der Waals surface area (Å²) in [7, 11) is 0. The maximum atomic E-state index is 12.8. The zero-order valence-corrected chi connectivity index (χ0v) is 14.2. The molecule has 21 heavy (non-hydrogen) atoms. The van der Waals surface area contributed by atoms with E-state index in [1.54, 1.807) is 16.7 Å². The Morgan fingerprint density at radius 1 is 1.38 bits per heavy atom. The molecule has 0 aromatic carbocycles. The number of carboxylic acid groups (broad SMARTS) is 1. The summed E-state index contributed by atoms with van der Waals surface area (Å²) in [4.78, 5) is 27.4. The predicted molar refractivity (Wildman–Crippen MR) is 86.8 cm³/mol. The van der Waals surface area contributed by atoms with Gasteiger partial charge in [-0.3, -0.25) is 4.79 Å². The third-order valence-electron chi connectivity index (χ3n) is 3.76. The summed E-state index contributed by atoms with van der Waals surface area (Å²) in [6, 6.07) is -0.0248. The Kier molecular flexibility index (Phi) is 7.93. The maximum Gasteiger partial charge on any atom is 0.320 e. The van der Waals surface area contributed by atoms with Crippen molar-refractivity contribution in [3.8, 4) is 0 Å². The lowest BCUT2D eigenvalue weighted by Crippen LogP contribution is -2.54. The number of amides is 2. The van der Waals surface area contributed by atoms with Crippen LogP contribution >= 0.6 is 11.8 Å². The Morgan fingerprint density at radius 3 is 2.67 bits per heavy atom. The van der Waals surface area contributed by atoms with Crippen molar-refractivity contribution < 1.29 is 14.7 Å². The van der Waals surface area contributed by atoms with Gasteiger partial charge >= 0.3 is 12.0 Å². The van der Waals surface area contributed by atoms with Crippen LogP contribution in [0.5, 0.6) is 0 Å². The molecule has 1 heterocycles. The molecule has 2 amide bonds. The fourth-order valence-corrected chi connectivity index (χ4v) is 3.61. The number of rotatable bonds is 7. The Hall–Kier alpha value is -0.910. The third-order valence-corrected chi connectivity index (χ3v) is 4.85. The lowest BCUT2D eigenvalue weighted by Gasteiger charge is -2.39. The van der Waals surface area contributed by atoms with Gasteiger partial charge in [-0.15, -0.1) is 0 Å². The van der Waals surface area contributed by atoms with Crippen LogP contribution < -0.4 is 0 Å². The molecule has 1 rings (SSSR count). The minimum Gasteiger partial charge on any atom is -0.481 e. The number of carbonyl (C=O) groups excluding carboxylic acids is 1. The highest BCUT2D eigenvalue weighted by atomic mass is 32.2. The second kappa shape index (κ2) is 9.18. The van der Waals surface area contributed by atoms with Gasteiger partial charge in [0.25, 0.3) is 0 Å². The molecule has 5 nitrogen and oxygen atoms in total. The van der Waals surface area contributed by atoms with Gasteiger partial charge in [0.2, 0.25) is 0 Å². The number of thioether (sulfide) groups is 1. The molecule has 1 fully saturated rings. The van der Waals surface area contributed by atoms with E-state index in [0.717, 1.165) is 37.3 Å². The molecule has 0 spiro atoms. The smallest absolute Gasteiger partial charge is 0.320 e. The molecule has 1 N–H and O–H groups in total. The van der Waals surface area contributed by atoms with Crippen molar-refractivity contribution in [1.29, 1.82) is 0 Å². The van der Waals surface area contributed by atoms with E-state index < -0.39 is 5.97 Å². The number of aliphatic carboxylic acids is 1. The average Bonchev–Trinajstić information content (AvgIpc) is 2.42. The van der Waals surface area contributed by atoms with Crippen LogP contribution in [0, 0.1) is 0 Å². The van der Waals surface area contributed by atoms with Crippen LogP contribution in [0.4, 0.5) is 4.79 Å². The Balaban J connectivity index is 2.71. The molecular formula is C15H28N2O3S. The van der Waals surface area contributed by atoms with Crippen LogP contribution in [0.1, 0.15) is 46.5 Å². The molecule has 0 aliphatic carbocycles. The van der Waals surface area contributed by atoms with E-state index in [9.17, 15) is 9.59 Å². The van der Waals surface area contributed by atoms with E-state index >= 15 is 0 Å². The molecule has 1 aliphatic rings. The SMILES string of the molecule is CCCCCN(C(=O)N1CCSCC1CC(=O)O)C(C)C. The fourth-order valence-electron chi connectivity index (χ4n) is 2.55. The minimum absolute atomic E-state index is 0.00709. The van der Waals surface area contributed by atoms with Gasteiger partial charge in [-0.25, -0.2) is 4.79 Å². The predicted octanol–water partition coefficient (Wildman–Crippen LogP) is 2.90. The van der Waals surface area contributed by atoms with Crippen molar-refractivity contribution in [1.82, 2.24) is 9.80 Å². The monoisotopic (exact) mass is 316 g/mol. The first-order chi connectivity index (χ1) is 9.97. The van der Waals surface area contributed by atoms with E-state index in [4.69, 9.17) is 5.11 Å². The minimum atomic E-state index is -0.831. The van der Waals surface area contributed by atoms with Gasteiger partial charge in [0.1, 0.15) is 0 Å². The molecule has 1 saturated heterocycles. The van der Waals surface area contributed by atoms with Crippen molar-refractivity contribution in [2.45, 2.75) is 58.5 Å². The third kappa shape index (κ3) is 5.77. The first-order valence-electron chi connectivity index (χ1n) is 7.84. The largest absolute Gasteiger partial charge is 0.481 e. The number of urea groups is 1. The number of nitrogens with zero attached hydrogens (tertiary/aromatic N) is 2. The Morgan fingerprint density at radius 2 is 2.10 bits per heavy atom. The number of carbonyl (C=O) groups is 2. The van der Waals surface area contributed by atoms with E-state index in [-0.39, 0.29) is 24.5 Å². The van der Waals surface area contributed by atoms with Crippen LogP contribution in [0.15, 0.2) is 0 Å². The molecule has 0 aromatic heterocycles. The van der Waals surface area contributed by atoms with Crippen molar-refractivity contribution in [3.05, 3.63) is 0 Å². The Bertz CT molecular complexity index is 350. The molecule has 122 valence electrons. The van der Waals surface area contributed by atoms with Gasteiger partial charge in [-0.05, 0) is 20.3 Å². The van der Waals surface area contributed by atoms with E-state index in [2.05, 4.69) is 6.92 Å². The normalized spacial score (nSPS) is 18.9. The van der Waals surface area contributed by atoms with E-state index in [1.807, 2.05) is 18.7 Å². The summed E-state index contributed by atoms with van der Waals surface area (Å²) >= 11 is 1.73. The molecule has 0 aromatic rings. The quantitative estimate of drug-likeness (QED) is 0.734. The van der Waals surface area contributed by atoms with Gasteiger partial charge in [0.15, 0.2) is 0 Å². The summed E-state index contributed by atoms with van der Waals surface area (Å²) in [6.45, 7) is 7.60. The highest BCUT2D eigenvalue weighted by molar-refractivity contribution is 7.99. The number of unbranched alkanes of at least 4 members (excludes halogenated alkanes) is 2. The van der Waals surface area contributed by atoms with E-state index in [0.29, 0.717) is 6.54 Å². The van der Waals surface area contributed by atoms with Crippen molar-refractivity contribution in [2.75, 3.05) is 24.6 Å². The lowest BCUT2D eigenvalue weighted by atomic mass is 10.2. The molecular weight excluding hydrogens is 288 g/mol. The van der Waals surface area contributed by atoms with Crippen LogP contribution in [-0.4, -0.2) is 63.6 Å². The summed E-state index contributed by atoms with van der Waals surface area (Å²) < 4.78 is 0. The molecule has 0 radical (unpaired) electrons. The standard InChI is InChI=1S/C15H28N2O3S/c1-4-5-6-7-16(12(2)3)15(20)17-8-9-21-11-13(17)10-14(18)19/h12-13H,4-11H2,1-3H3,(H,18,19). The number of hydrogen-bond acceptors (Lipinski definition) is 3. The molecule has 0 bridgehead atoms. The van der Waals surface area contributed by atoms with E-state index in [1.165, 1.54) is 0 Å². The van der Waals surface area contributed by atoms with Crippen molar-refractivity contribution >= 4 is 23.8 Å². The van der Waals surface area contributed by atoms with Crippen molar-refractivity contribution in [3.63, 3.8) is 0 Å².